The predicted molar refractivity (Wildman–Crippen MR) is 58.8 cm³/mol. The molecule has 0 aromatic heterocycles. The van der Waals surface area contributed by atoms with Gasteiger partial charge in [-0.1, -0.05) is 0 Å². The molecular formula is C11H20N2O3. The van der Waals surface area contributed by atoms with Crippen molar-refractivity contribution in [1.82, 2.24) is 10.2 Å². The van der Waals surface area contributed by atoms with E-state index < -0.39 is 12.2 Å². The Balaban J connectivity index is 1.88. The molecule has 4 unspecified atom stereocenters. The number of piperidine rings is 1. The van der Waals surface area contributed by atoms with Gasteiger partial charge in [0.15, 0.2) is 0 Å². The average Bonchev–Trinajstić information content (AvgIpc) is 2.59. The first-order valence-corrected chi connectivity index (χ1v) is 5.96. The van der Waals surface area contributed by atoms with E-state index in [0.717, 1.165) is 12.8 Å². The predicted octanol–water partition coefficient (Wildman–Crippen LogP) is -1.06. The van der Waals surface area contributed by atoms with Crippen LogP contribution < -0.4 is 5.32 Å². The summed E-state index contributed by atoms with van der Waals surface area (Å²) < 4.78 is 0. The fourth-order valence-electron chi connectivity index (χ4n) is 2.42. The highest BCUT2D eigenvalue weighted by atomic mass is 16.3. The molecule has 2 fully saturated rings. The smallest absolute Gasteiger partial charge is 0.227 e. The minimum atomic E-state index is -0.778. The molecule has 2 aliphatic heterocycles. The summed E-state index contributed by atoms with van der Waals surface area (Å²) in [7, 11) is 0. The van der Waals surface area contributed by atoms with Crippen LogP contribution in [-0.2, 0) is 4.79 Å². The van der Waals surface area contributed by atoms with Crippen LogP contribution in [0.2, 0.25) is 0 Å². The van der Waals surface area contributed by atoms with Gasteiger partial charge in [-0.3, -0.25) is 4.79 Å². The maximum absolute atomic E-state index is 12.1. The SMILES string of the molecule is CC1CCC(C(=O)N2CC(O)C(O)C2)CN1. The minimum Gasteiger partial charge on any atom is -0.388 e. The van der Waals surface area contributed by atoms with E-state index in [1.54, 1.807) is 4.90 Å². The third-order valence-electron chi connectivity index (χ3n) is 3.58. The number of amides is 1. The van der Waals surface area contributed by atoms with Crippen LogP contribution in [-0.4, -0.2) is 58.9 Å². The van der Waals surface area contributed by atoms with E-state index in [0.29, 0.717) is 12.6 Å². The summed E-state index contributed by atoms with van der Waals surface area (Å²) in [6.45, 7) is 3.37. The van der Waals surface area contributed by atoms with E-state index in [-0.39, 0.29) is 24.9 Å². The summed E-state index contributed by atoms with van der Waals surface area (Å²) in [5, 5.41) is 22.1. The fourth-order valence-corrected chi connectivity index (χ4v) is 2.42. The number of aliphatic hydroxyl groups excluding tert-OH is 2. The molecule has 0 radical (unpaired) electrons. The van der Waals surface area contributed by atoms with Gasteiger partial charge >= 0.3 is 0 Å². The molecule has 0 aliphatic carbocycles. The Bertz CT molecular complexity index is 254. The number of rotatable bonds is 1. The van der Waals surface area contributed by atoms with Crippen molar-refractivity contribution in [2.45, 2.75) is 38.0 Å². The van der Waals surface area contributed by atoms with Crippen LogP contribution in [0.1, 0.15) is 19.8 Å². The number of hydrogen-bond donors (Lipinski definition) is 3. The molecule has 0 spiro atoms. The number of hydrogen-bond acceptors (Lipinski definition) is 4. The maximum atomic E-state index is 12.1. The molecule has 2 aliphatic rings. The van der Waals surface area contributed by atoms with Crippen LogP contribution in [0.15, 0.2) is 0 Å². The molecule has 0 aromatic carbocycles. The molecular weight excluding hydrogens is 208 g/mol. The van der Waals surface area contributed by atoms with E-state index in [2.05, 4.69) is 12.2 Å². The Hall–Kier alpha value is -0.650. The van der Waals surface area contributed by atoms with Gasteiger partial charge in [0.05, 0.1) is 18.1 Å². The van der Waals surface area contributed by atoms with Crippen molar-refractivity contribution in [1.29, 1.82) is 0 Å². The zero-order chi connectivity index (χ0) is 11.7. The van der Waals surface area contributed by atoms with Crippen LogP contribution in [0.4, 0.5) is 0 Å². The summed E-state index contributed by atoms with van der Waals surface area (Å²) in [6, 6.07) is 0.485. The number of carbonyl (C=O) groups is 1. The number of likely N-dealkylation sites (tertiary alicyclic amines) is 1. The highest BCUT2D eigenvalue weighted by Gasteiger charge is 2.36. The second kappa shape index (κ2) is 4.69. The van der Waals surface area contributed by atoms with Crippen molar-refractivity contribution in [3.63, 3.8) is 0 Å². The first-order chi connectivity index (χ1) is 7.58. The highest BCUT2D eigenvalue weighted by Crippen LogP contribution is 2.19. The summed E-state index contributed by atoms with van der Waals surface area (Å²) in [4.78, 5) is 13.6. The third kappa shape index (κ3) is 2.36. The number of aliphatic hydroxyl groups is 2. The second-order valence-corrected chi connectivity index (χ2v) is 4.96. The summed E-state index contributed by atoms with van der Waals surface area (Å²) in [5.41, 5.74) is 0. The number of nitrogens with one attached hydrogen (secondary N) is 1. The van der Waals surface area contributed by atoms with Crippen molar-refractivity contribution in [3.8, 4) is 0 Å². The van der Waals surface area contributed by atoms with Gasteiger partial charge in [0, 0.05) is 25.7 Å². The fraction of sp³-hybridized carbons (Fsp3) is 0.909. The van der Waals surface area contributed by atoms with E-state index in [4.69, 9.17) is 0 Å². The monoisotopic (exact) mass is 228 g/mol. The molecule has 16 heavy (non-hydrogen) atoms. The Labute approximate surface area is 95.4 Å². The lowest BCUT2D eigenvalue weighted by molar-refractivity contribution is -0.135. The zero-order valence-electron chi connectivity index (χ0n) is 9.59. The number of β-amino-alcohol motifs (C(OH)–C–C–N with tert-alkyl or cyclic N) is 2. The van der Waals surface area contributed by atoms with Gasteiger partial charge in [-0.15, -0.1) is 0 Å². The molecule has 0 bridgehead atoms. The molecule has 2 heterocycles. The first-order valence-electron chi connectivity index (χ1n) is 5.96. The molecule has 4 atom stereocenters. The molecule has 2 rings (SSSR count). The Morgan fingerprint density at radius 2 is 1.88 bits per heavy atom. The van der Waals surface area contributed by atoms with Crippen molar-refractivity contribution < 1.29 is 15.0 Å². The second-order valence-electron chi connectivity index (χ2n) is 4.96. The Morgan fingerprint density at radius 1 is 1.25 bits per heavy atom. The zero-order valence-corrected chi connectivity index (χ0v) is 9.59. The standard InChI is InChI=1S/C11H20N2O3/c1-7-2-3-8(4-12-7)11(16)13-5-9(14)10(15)6-13/h7-10,12,14-15H,2-6H2,1H3. The minimum absolute atomic E-state index is 0.00806. The molecule has 3 N–H and O–H groups in total. The molecule has 0 saturated carbocycles. The van der Waals surface area contributed by atoms with Crippen LogP contribution in [0, 0.1) is 5.92 Å². The van der Waals surface area contributed by atoms with Gasteiger partial charge in [0.1, 0.15) is 0 Å². The Morgan fingerprint density at radius 3 is 2.38 bits per heavy atom. The molecule has 1 amide bonds. The van der Waals surface area contributed by atoms with Gasteiger partial charge in [-0.25, -0.2) is 0 Å². The lowest BCUT2D eigenvalue weighted by atomic mass is 9.94. The number of nitrogens with zero attached hydrogens (tertiary/aromatic N) is 1. The van der Waals surface area contributed by atoms with Crippen molar-refractivity contribution >= 4 is 5.91 Å². The van der Waals surface area contributed by atoms with Crippen molar-refractivity contribution in [3.05, 3.63) is 0 Å². The van der Waals surface area contributed by atoms with E-state index in [1.807, 2.05) is 0 Å². The van der Waals surface area contributed by atoms with Gasteiger partial charge in [0.25, 0.3) is 0 Å². The quantitative estimate of drug-likeness (QED) is 0.535. The maximum Gasteiger partial charge on any atom is 0.227 e. The molecule has 5 nitrogen and oxygen atoms in total. The topological polar surface area (TPSA) is 72.8 Å². The van der Waals surface area contributed by atoms with E-state index in [1.165, 1.54) is 0 Å². The van der Waals surface area contributed by atoms with Crippen molar-refractivity contribution in [2.24, 2.45) is 5.92 Å². The lowest BCUT2D eigenvalue weighted by Crippen LogP contribution is -2.45. The third-order valence-corrected chi connectivity index (χ3v) is 3.58. The van der Waals surface area contributed by atoms with Crippen LogP contribution in [0.3, 0.4) is 0 Å². The highest BCUT2D eigenvalue weighted by molar-refractivity contribution is 5.79. The van der Waals surface area contributed by atoms with Crippen LogP contribution >= 0.6 is 0 Å². The van der Waals surface area contributed by atoms with Crippen LogP contribution in [0.5, 0.6) is 0 Å². The summed E-state index contributed by atoms with van der Waals surface area (Å²) in [5.74, 6) is 0.0729. The van der Waals surface area contributed by atoms with Crippen LogP contribution in [0.25, 0.3) is 0 Å². The van der Waals surface area contributed by atoms with E-state index in [9.17, 15) is 15.0 Å². The van der Waals surface area contributed by atoms with Gasteiger partial charge in [0.2, 0.25) is 5.91 Å². The lowest BCUT2D eigenvalue weighted by Gasteiger charge is -2.29. The summed E-state index contributed by atoms with van der Waals surface area (Å²) >= 11 is 0. The van der Waals surface area contributed by atoms with Gasteiger partial charge < -0.3 is 20.4 Å². The van der Waals surface area contributed by atoms with E-state index >= 15 is 0 Å². The molecule has 2 saturated heterocycles. The normalized spacial score (nSPS) is 40.1. The molecule has 0 aromatic rings. The van der Waals surface area contributed by atoms with Gasteiger partial charge in [-0.2, -0.15) is 0 Å². The Kier molecular flexibility index (Phi) is 3.47. The van der Waals surface area contributed by atoms with Crippen molar-refractivity contribution in [2.75, 3.05) is 19.6 Å². The van der Waals surface area contributed by atoms with Gasteiger partial charge in [-0.05, 0) is 19.8 Å². The first kappa shape index (κ1) is 11.8. The summed E-state index contributed by atoms with van der Waals surface area (Å²) in [6.07, 6.45) is 0.351. The largest absolute Gasteiger partial charge is 0.388 e. The number of carbonyl (C=O) groups excluding carboxylic acids is 1. The average molecular weight is 228 g/mol. The molecule has 5 heteroatoms. The molecule has 92 valence electrons.